The molecule has 0 unspecified atom stereocenters. The lowest BCUT2D eigenvalue weighted by Crippen LogP contribution is -2.70. The van der Waals surface area contributed by atoms with E-state index in [0.717, 1.165) is 16.3 Å². The molecule has 3 aromatic carbocycles. The molecule has 0 N–H and O–H groups in total. The van der Waals surface area contributed by atoms with Gasteiger partial charge in [0.25, 0.3) is 0 Å². The normalized spacial score (nSPS) is 20.7. The van der Waals surface area contributed by atoms with Crippen LogP contribution in [-0.2, 0) is 16.0 Å². The highest BCUT2D eigenvalue weighted by Crippen LogP contribution is 2.27. The number of ether oxygens (including phenoxy) is 1. The molecule has 2 aliphatic heterocycles. The molecule has 168 valence electrons. The van der Waals surface area contributed by atoms with Gasteiger partial charge in [-0.1, -0.05) is 66.7 Å². The third-order valence-electron chi connectivity index (χ3n) is 6.53. The van der Waals surface area contributed by atoms with Crippen molar-refractivity contribution in [3.63, 3.8) is 0 Å². The lowest BCUT2D eigenvalue weighted by atomic mass is 9.97. The first-order valence-corrected chi connectivity index (χ1v) is 11.1. The Bertz CT molecular complexity index is 1210. The molecule has 0 bridgehead atoms. The van der Waals surface area contributed by atoms with Gasteiger partial charge in [-0.2, -0.15) is 0 Å². The van der Waals surface area contributed by atoms with E-state index in [4.69, 9.17) is 4.74 Å². The quantitative estimate of drug-likeness (QED) is 0.624. The van der Waals surface area contributed by atoms with Crippen molar-refractivity contribution < 1.29 is 19.1 Å². The number of fused-ring (bicyclic) bond motifs is 2. The topological polar surface area (TPSA) is 70.2 Å². The average Bonchev–Trinajstić information content (AvgIpc) is 2.86. The molecular weight excluding hydrogens is 418 g/mol. The van der Waals surface area contributed by atoms with Crippen molar-refractivity contribution in [3.8, 4) is 5.75 Å². The average molecular weight is 444 g/mol. The summed E-state index contributed by atoms with van der Waals surface area (Å²) in [5.74, 6) is 0.248. The molecule has 2 saturated heterocycles. The van der Waals surface area contributed by atoms with Gasteiger partial charge in [0.1, 0.15) is 17.8 Å². The number of amides is 3. The van der Waals surface area contributed by atoms with Crippen LogP contribution in [0.3, 0.4) is 0 Å². The Morgan fingerprint density at radius 1 is 0.909 bits per heavy atom. The first-order chi connectivity index (χ1) is 16.0. The maximum atomic E-state index is 13.2. The van der Waals surface area contributed by atoms with Gasteiger partial charge in [0, 0.05) is 31.9 Å². The predicted octanol–water partition coefficient (Wildman–Crippen LogP) is 2.93. The van der Waals surface area contributed by atoms with Crippen LogP contribution in [-0.4, -0.2) is 71.4 Å². The Morgan fingerprint density at radius 2 is 1.64 bits per heavy atom. The van der Waals surface area contributed by atoms with E-state index in [1.807, 2.05) is 66.7 Å². The zero-order chi connectivity index (χ0) is 22.9. The third-order valence-corrected chi connectivity index (χ3v) is 6.53. The van der Waals surface area contributed by atoms with Gasteiger partial charge >= 0.3 is 6.09 Å². The molecule has 7 nitrogen and oxygen atoms in total. The smallest absolute Gasteiger partial charge is 0.410 e. The number of nitrogens with zero attached hydrogens (tertiary/aromatic N) is 3. The summed E-state index contributed by atoms with van der Waals surface area (Å²) < 4.78 is 5.69. The van der Waals surface area contributed by atoms with Gasteiger partial charge < -0.3 is 19.4 Å². The maximum absolute atomic E-state index is 13.2. The first kappa shape index (κ1) is 21.0. The number of hydrogen-bond acceptors (Lipinski definition) is 4. The van der Waals surface area contributed by atoms with Gasteiger partial charge in [-0.15, -0.1) is 0 Å². The fourth-order valence-electron chi connectivity index (χ4n) is 4.67. The summed E-state index contributed by atoms with van der Waals surface area (Å²) in [6, 6.07) is 21.7. The van der Waals surface area contributed by atoms with Gasteiger partial charge in [0.05, 0.1) is 6.54 Å². The lowest BCUT2D eigenvalue weighted by Gasteiger charge is -2.48. The summed E-state index contributed by atoms with van der Waals surface area (Å²) in [5.41, 5.74) is 1.01. The molecule has 0 saturated carbocycles. The van der Waals surface area contributed by atoms with Crippen molar-refractivity contribution >= 4 is 28.7 Å². The predicted molar refractivity (Wildman–Crippen MR) is 124 cm³/mol. The minimum absolute atomic E-state index is 0.0759. The molecule has 7 heteroatoms. The largest absolute Gasteiger partial charge is 0.415 e. The fourth-order valence-corrected chi connectivity index (χ4v) is 4.67. The van der Waals surface area contributed by atoms with Crippen LogP contribution in [0.5, 0.6) is 5.75 Å². The van der Waals surface area contributed by atoms with Gasteiger partial charge in [0.15, 0.2) is 0 Å². The van der Waals surface area contributed by atoms with E-state index >= 15 is 0 Å². The fraction of sp³-hybridized carbons (Fsp3) is 0.269. The zero-order valence-corrected chi connectivity index (χ0v) is 18.4. The molecule has 0 aromatic heterocycles. The Labute approximate surface area is 192 Å². The minimum atomic E-state index is -0.691. The van der Waals surface area contributed by atoms with Crippen LogP contribution in [0.4, 0.5) is 4.79 Å². The molecule has 2 heterocycles. The van der Waals surface area contributed by atoms with E-state index in [0.29, 0.717) is 25.3 Å². The van der Waals surface area contributed by atoms with Crippen molar-refractivity contribution in [2.24, 2.45) is 0 Å². The van der Waals surface area contributed by atoms with Crippen molar-refractivity contribution in [1.82, 2.24) is 14.7 Å². The number of carbonyl (C=O) groups is 3. The number of benzene rings is 3. The monoisotopic (exact) mass is 443 g/mol. The minimum Gasteiger partial charge on any atom is -0.410 e. The van der Waals surface area contributed by atoms with E-state index in [-0.39, 0.29) is 18.4 Å². The zero-order valence-electron chi connectivity index (χ0n) is 18.4. The second-order valence-electron chi connectivity index (χ2n) is 8.49. The van der Waals surface area contributed by atoms with Crippen LogP contribution < -0.4 is 4.74 Å². The summed E-state index contributed by atoms with van der Waals surface area (Å²) >= 11 is 0. The van der Waals surface area contributed by atoms with Crippen LogP contribution in [0, 0.1) is 0 Å². The lowest BCUT2D eigenvalue weighted by molar-refractivity contribution is -0.163. The first-order valence-electron chi connectivity index (χ1n) is 11.1. The van der Waals surface area contributed by atoms with Crippen LogP contribution in [0.25, 0.3) is 10.8 Å². The Kier molecular flexibility index (Phi) is 5.46. The van der Waals surface area contributed by atoms with Crippen LogP contribution >= 0.6 is 0 Å². The van der Waals surface area contributed by atoms with Gasteiger partial charge in [-0.25, -0.2) is 4.79 Å². The summed E-state index contributed by atoms with van der Waals surface area (Å²) in [5, 5.41) is 1.83. The van der Waals surface area contributed by atoms with Crippen molar-refractivity contribution in [1.29, 1.82) is 0 Å². The highest BCUT2D eigenvalue weighted by molar-refractivity contribution is 5.98. The maximum Gasteiger partial charge on any atom is 0.415 e. The highest BCUT2D eigenvalue weighted by atomic mass is 16.6. The molecule has 3 aromatic rings. The standard InChI is InChI=1S/C26H25N3O4/c1-27-21(16-18-8-3-2-4-9-18)25(31)29-15-14-28(17-22(29)24(27)30)26(32)33-23-13-7-11-19-10-5-6-12-20(19)23/h2-13,21-22H,14-17H2,1H3/t21-,22+/m0/s1. The van der Waals surface area contributed by atoms with Crippen LogP contribution in [0.1, 0.15) is 5.56 Å². The molecule has 0 radical (unpaired) electrons. The van der Waals surface area contributed by atoms with Crippen molar-refractivity contribution in [2.75, 3.05) is 26.7 Å². The molecular formula is C26H25N3O4. The van der Waals surface area contributed by atoms with Crippen molar-refractivity contribution in [3.05, 3.63) is 78.4 Å². The molecule has 2 aliphatic rings. The van der Waals surface area contributed by atoms with E-state index < -0.39 is 18.2 Å². The van der Waals surface area contributed by atoms with Gasteiger partial charge in [-0.3, -0.25) is 9.59 Å². The SMILES string of the molecule is CN1C(=O)[C@H]2CN(C(=O)Oc3cccc4ccccc34)CCN2C(=O)[C@@H]1Cc1ccccc1. The molecule has 33 heavy (non-hydrogen) atoms. The van der Waals surface area contributed by atoms with E-state index in [9.17, 15) is 14.4 Å². The van der Waals surface area contributed by atoms with E-state index in [1.165, 1.54) is 9.80 Å². The third kappa shape index (κ3) is 3.91. The van der Waals surface area contributed by atoms with Gasteiger partial charge in [-0.05, 0) is 17.0 Å². The number of carbonyl (C=O) groups excluding carboxylic acids is 3. The van der Waals surface area contributed by atoms with Crippen LogP contribution in [0.2, 0.25) is 0 Å². The number of likely N-dealkylation sites (N-methyl/N-ethyl adjacent to an activating group) is 1. The van der Waals surface area contributed by atoms with Crippen molar-refractivity contribution in [2.45, 2.75) is 18.5 Å². The molecule has 2 atom stereocenters. The summed E-state index contributed by atoms with van der Waals surface area (Å²) in [4.78, 5) is 44.0. The molecule has 3 amide bonds. The molecule has 0 aliphatic carbocycles. The molecule has 2 fully saturated rings. The highest BCUT2D eigenvalue weighted by Gasteiger charge is 2.47. The Morgan fingerprint density at radius 3 is 2.45 bits per heavy atom. The van der Waals surface area contributed by atoms with E-state index in [1.54, 1.807) is 18.0 Å². The number of piperazine rings is 2. The Hall–Kier alpha value is -3.87. The summed E-state index contributed by atoms with van der Waals surface area (Å²) in [6.45, 7) is 0.746. The molecule has 5 rings (SSSR count). The Balaban J connectivity index is 1.30. The second kappa shape index (κ2) is 8.58. The second-order valence-corrected chi connectivity index (χ2v) is 8.49. The van der Waals surface area contributed by atoms with Gasteiger partial charge in [0.2, 0.25) is 11.8 Å². The summed E-state index contributed by atoms with van der Waals surface area (Å²) in [7, 11) is 1.67. The number of hydrogen-bond donors (Lipinski definition) is 0. The summed E-state index contributed by atoms with van der Waals surface area (Å²) in [6.07, 6.45) is -0.0434. The van der Waals surface area contributed by atoms with Crippen LogP contribution in [0.15, 0.2) is 72.8 Å². The number of rotatable bonds is 3. The molecule has 0 spiro atoms. The van der Waals surface area contributed by atoms with E-state index in [2.05, 4.69) is 0 Å².